The van der Waals surface area contributed by atoms with Crippen LogP contribution in [0.3, 0.4) is 0 Å². The predicted molar refractivity (Wildman–Crippen MR) is 103 cm³/mol. The third-order valence-electron chi connectivity index (χ3n) is 4.54. The maximum absolute atomic E-state index is 12.2. The van der Waals surface area contributed by atoms with Gasteiger partial charge in [0.05, 0.1) is 4.90 Å². The Morgan fingerprint density at radius 3 is 2.54 bits per heavy atom. The van der Waals surface area contributed by atoms with Gasteiger partial charge in [-0.3, -0.25) is 4.79 Å². The molecule has 0 spiro atoms. The van der Waals surface area contributed by atoms with Crippen molar-refractivity contribution in [1.29, 1.82) is 0 Å². The van der Waals surface area contributed by atoms with E-state index < -0.39 is 9.84 Å². The maximum atomic E-state index is 12.2. The number of hydrogen-bond donors (Lipinski definition) is 1. The Hall–Kier alpha value is -1.93. The SMILES string of the molecule is CS(=O)(=O)c1ccc(CCC(=O)NC2CCN(c3nccs3)CC2)cc1. The number of piperidine rings is 1. The number of amides is 1. The summed E-state index contributed by atoms with van der Waals surface area (Å²) in [5.74, 6) is 0.0462. The molecule has 6 nitrogen and oxygen atoms in total. The van der Waals surface area contributed by atoms with Crippen molar-refractivity contribution in [2.75, 3.05) is 24.2 Å². The molecule has 8 heteroatoms. The van der Waals surface area contributed by atoms with Crippen molar-refractivity contribution in [2.24, 2.45) is 0 Å². The first-order valence-electron chi connectivity index (χ1n) is 8.64. The third-order valence-corrected chi connectivity index (χ3v) is 6.50. The van der Waals surface area contributed by atoms with Crippen LogP contribution in [0, 0.1) is 0 Å². The van der Waals surface area contributed by atoms with Crippen molar-refractivity contribution in [1.82, 2.24) is 10.3 Å². The zero-order chi connectivity index (χ0) is 18.6. The lowest BCUT2D eigenvalue weighted by atomic mass is 10.0. The summed E-state index contributed by atoms with van der Waals surface area (Å²) in [6.45, 7) is 1.82. The van der Waals surface area contributed by atoms with E-state index in [1.165, 1.54) is 6.26 Å². The number of thiazole rings is 1. The van der Waals surface area contributed by atoms with Gasteiger partial charge in [-0.1, -0.05) is 12.1 Å². The molecule has 1 amide bonds. The molecule has 1 saturated heterocycles. The first-order valence-corrected chi connectivity index (χ1v) is 11.4. The Bertz CT molecular complexity index is 825. The van der Waals surface area contributed by atoms with Crippen LogP contribution in [0.25, 0.3) is 0 Å². The van der Waals surface area contributed by atoms with Crippen molar-refractivity contribution in [3.05, 3.63) is 41.4 Å². The molecule has 1 N–H and O–H groups in total. The van der Waals surface area contributed by atoms with E-state index in [0.717, 1.165) is 36.6 Å². The molecule has 0 unspecified atom stereocenters. The van der Waals surface area contributed by atoms with Gasteiger partial charge in [0.25, 0.3) is 0 Å². The van der Waals surface area contributed by atoms with E-state index in [1.54, 1.807) is 35.6 Å². The average molecular weight is 394 g/mol. The normalized spacial score (nSPS) is 15.8. The van der Waals surface area contributed by atoms with Crippen LogP contribution < -0.4 is 10.2 Å². The van der Waals surface area contributed by atoms with E-state index in [4.69, 9.17) is 0 Å². The van der Waals surface area contributed by atoms with Gasteiger partial charge < -0.3 is 10.2 Å². The van der Waals surface area contributed by atoms with E-state index in [0.29, 0.717) is 17.7 Å². The molecule has 1 fully saturated rings. The minimum absolute atomic E-state index is 0.0462. The van der Waals surface area contributed by atoms with Crippen molar-refractivity contribution < 1.29 is 13.2 Å². The maximum Gasteiger partial charge on any atom is 0.220 e. The highest BCUT2D eigenvalue weighted by Crippen LogP contribution is 2.22. The van der Waals surface area contributed by atoms with Crippen molar-refractivity contribution >= 4 is 32.2 Å². The number of sulfone groups is 1. The molecule has 1 aliphatic heterocycles. The van der Waals surface area contributed by atoms with Crippen LogP contribution in [0.4, 0.5) is 5.13 Å². The fourth-order valence-corrected chi connectivity index (χ4v) is 4.38. The molecule has 1 aliphatic rings. The highest BCUT2D eigenvalue weighted by Gasteiger charge is 2.21. The summed E-state index contributed by atoms with van der Waals surface area (Å²) in [7, 11) is -3.18. The molecular formula is C18H23N3O3S2. The Morgan fingerprint density at radius 1 is 1.27 bits per heavy atom. The fraction of sp³-hybridized carbons (Fsp3) is 0.444. The van der Waals surface area contributed by atoms with E-state index in [9.17, 15) is 13.2 Å². The van der Waals surface area contributed by atoms with Gasteiger partial charge in [0.1, 0.15) is 0 Å². The molecule has 0 atom stereocenters. The molecule has 1 aromatic carbocycles. The summed E-state index contributed by atoms with van der Waals surface area (Å²) >= 11 is 1.64. The molecule has 0 aliphatic carbocycles. The summed E-state index contributed by atoms with van der Waals surface area (Å²) in [6.07, 6.45) is 5.87. The van der Waals surface area contributed by atoms with E-state index >= 15 is 0 Å². The number of nitrogens with one attached hydrogen (secondary N) is 1. The lowest BCUT2D eigenvalue weighted by Crippen LogP contribution is -2.44. The average Bonchev–Trinajstić information content (AvgIpc) is 3.15. The molecule has 0 radical (unpaired) electrons. The second-order valence-corrected chi connectivity index (χ2v) is 9.45. The zero-order valence-corrected chi connectivity index (χ0v) is 16.4. The Morgan fingerprint density at radius 2 is 1.96 bits per heavy atom. The molecule has 2 aromatic rings. The second-order valence-electron chi connectivity index (χ2n) is 6.56. The largest absolute Gasteiger partial charge is 0.353 e. The molecule has 140 valence electrons. The third kappa shape index (κ3) is 5.04. The van der Waals surface area contributed by atoms with Crippen LogP contribution in [-0.2, 0) is 21.1 Å². The second kappa shape index (κ2) is 8.18. The summed E-state index contributed by atoms with van der Waals surface area (Å²) in [6, 6.07) is 6.95. The van der Waals surface area contributed by atoms with Crippen LogP contribution in [0.2, 0.25) is 0 Å². The highest BCUT2D eigenvalue weighted by atomic mass is 32.2. The van der Waals surface area contributed by atoms with Crippen molar-refractivity contribution in [3.8, 4) is 0 Å². The Labute approximate surface area is 158 Å². The summed E-state index contributed by atoms with van der Waals surface area (Å²) < 4.78 is 22.9. The van der Waals surface area contributed by atoms with Crippen molar-refractivity contribution in [2.45, 2.75) is 36.6 Å². The predicted octanol–water partition coefficient (Wildman–Crippen LogP) is 2.26. The number of carbonyl (C=O) groups is 1. The monoisotopic (exact) mass is 393 g/mol. The van der Waals surface area contributed by atoms with Gasteiger partial charge in [-0.05, 0) is 37.0 Å². The summed E-state index contributed by atoms with van der Waals surface area (Å²) in [5, 5.41) is 6.14. The van der Waals surface area contributed by atoms with E-state index in [1.807, 2.05) is 11.6 Å². The molecule has 26 heavy (non-hydrogen) atoms. The molecule has 1 aromatic heterocycles. The van der Waals surface area contributed by atoms with Crippen LogP contribution >= 0.6 is 11.3 Å². The molecular weight excluding hydrogens is 370 g/mol. The fourth-order valence-electron chi connectivity index (χ4n) is 3.05. The Balaban J connectivity index is 1.42. The van der Waals surface area contributed by atoms with Gasteiger partial charge in [-0.25, -0.2) is 13.4 Å². The molecule has 0 saturated carbocycles. The molecule has 3 rings (SSSR count). The van der Waals surface area contributed by atoms with Gasteiger partial charge in [-0.15, -0.1) is 11.3 Å². The summed E-state index contributed by atoms with van der Waals surface area (Å²) in [5.41, 5.74) is 0.964. The van der Waals surface area contributed by atoms with Crippen LogP contribution in [0.15, 0.2) is 40.7 Å². The topological polar surface area (TPSA) is 79.4 Å². The van der Waals surface area contributed by atoms with Crippen LogP contribution in [0.5, 0.6) is 0 Å². The van der Waals surface area contributed by atoms with Gasteiger partial charge in [0.15, 0.2) is 15.0 Å². The van der Waals surface area contributed by atoms with Gasteiger partial charge >= 0.3 is 0 Å². The zero-order valence-electron chi connectivity index (χ0n) is 14.7. The number of aromatic nitrogens is 1. The number of anilines is 1. The molecule has 2 heterocycles. The lowest BCUT2D eigenvalue weighted by Gasteiger charge is -2.32. The number of benzene rings is 1. The molecule has 0 bridgehead atoms. The van der Waals surface area contributed by atoms with E-state index in [2.05, 4.69) is 15.2 Å². The van der Waals surface area contributed by atoms with Crippen LogP contribution in [0.1, 0.15) is 24.8 Å². The quantitative estimate of drug-likeness (QED) is 0.814. The Kier molecular flexibility index (Phi) is 5.93. The minimum atomic E-state index is -3.18. The summed E-state index contributed by atoms with van der Waals surface area (Å²) in [4.78, 5) is 19.1. The van der Waals surface area contributed by atoms with Gasteiger partial charge in [0.2, 0.25) is 5.91 Å². The number of aryl methyl sites for hydroxylation is 1. The minimum Gasteiger partial charge on any atom is -0.353 e. The number of carbonyl (C=O) groups excluding carboxylic acids is 1. The van der Waals surface area contributed by atoms with Gasteiger partial charge in [0, 0.05) is 43.4 Å². The van der Waals surface area contributed by atoms with E-state index in [-0.39, 0.29) is 11.9 Å². The smallest absolute Gasteiger partial charge is 0.220 e. The van der Waals surface area contributed by atoms with Crippen molar-refractivity contribution in [3.63, 3.8) is 0 Å². The first-order chi connectivity index (χ1) is 12.4. The highest BCUT2D eigenvalue weighted by molar-refractivity contribution is 7.90. The standard InChI is InChI=1S/C18H23N3O3S2/c1-26(23,24)16-5-2-14(3-6-16)4-7-17(22)20-15-8-11-21(12-9-15)18-19-10-13-25-18/h2-3,5-6,10,13,15H,4,7-9,11-12H2,1H3,(H,20,22). The van der Waals surface area contributed by atoms with Gasteiger partial charge in [-0.2, -0.15) is 0 Å². The number of rotatable bonds is 6. The van der Waals surface area contributed by atoms with Crippen LogP contribution in [-0.4, -0.2) is 44.7 Å². The number of hydrogen-bond acceptors (Lipinski definition) is 6. The number of nitrogens with zero attached hydrogens (tertiary/aromatic N) is 2. The lowest BCUT2D eigenvalue weighted by molar-refractivity contribution is -0.121. The first kappa shape index (κ1) is 18.8.